The molecule has 0 radical (unpaired) electrons. The third-order valence-corrected chi connectivity index (χ3v) is 3.39. The molecule has 0 saturated heterocycles. The molecule has 1 N–H and O–H groups in total. The molecule has 2 aromatic rings. The fourth-order valence-electron chi connectivity index (χ4n) is 1.76. The van der Waals surface area contributed by atoms with E-state index in [0.29, 0.717) is 17.6 Å². The van der Waals surface area contributed by atoms with Crippen LogP contribution in [0.4, 0.5) is 14.5 Å². The fraction of sp³-hybridized carbons (Fsp3) is 0.125. The Kier molecular flexibility index (Phi) is 5.33. The molecule has 110 valence electrons. The van der Waals surface area contributed by atoms with Gasteiger partial charge in [0.2, 0.25) is 0 Å². The van der Waals surface area contributed by atoms with Gasteiger partial charge in [0.25, 0.3) is 0 Å². The van der Waals surface area contributed by atoms with Crippen LogP contribution in [0.25, 0.3) is 0 Å². The highest BCUT2D eigenvalue weighted by Gasteiger charge is 2.09. The lowest BCUT2D eigenvalue weighted by Crippen LogP contribution is -2.03. The SMILES string of the molecule is C=CCOc1ccc(CNc2c(F)cc(F)cc2Br)cc1. The third-order valence-electron chi connectivity index (χ3n) is 2.77. The molecule has 0 saturated carbocycles. The molecule has 0 aliphatic rings. The number of rotatable bonds is 6. The van der Waals surface area contributed by atoms with E-state index < -0.39 is 11.6 Å². The number of halogens is 3. The average molecular weight is 354 g/mol. The smallest absolute Gasteiger partial charge is 0.150 e. The van der Waals surface area contributed by atoms with Crippen molar-refractivity contribution in [1.29, 1.82) is 0 Å². The summed E-state index contributed by atoms with van der Waals surface area (Å²) in [4.78, 5) is 0. The van der Waals surface area contributed by atoms with Crippen LogP contribution < -0.4 is 10.1 Å². The molecule has 0 aliphatic carbocycles. The molecule has 0 bridgehead atoms. The minimum atomic E-state index is -0.632. The minimum Gasteiger partial charge on any atom is -0.490 e. The number of anilines is 1. The van der Waals surface area contributed by atoms with Crippen LogP contribution in [0.3, 0.4) is 0 Å². The topological polar surface area (TPSA) is 21.3 Å². The molecule has 0 amide bonds. The van der Waals surface area contributed by atoms with Crippen LogP contribution in [0.5, 0.6) is 5.75 Å². The molecule has 0 spiro atoms. The lowest BCUT2D eigenvalue weighted by atomic mass is 10.2. The van der Waals surface area contributed by atoms with Gasteiger partial charge in [0, 0.05) is 17.1 Å². The summed E-state index contributed by atoms with van der Waals surface area (Å²) >= 11 is 3.14. The minimum absolute atomic E-state index is 0.239. The molecule has 0 atom stereocenters. The number of hydrogen-bond donors (Lipinski definition) is 1. The van der Waals surface area contributed by atoms with Crippen molar-refractivity contribution in [3.05, 3.63) is 70.7 Å². The van der Waals surface area contributed by atoms with Crippen molar-refractivity contribution in [3.63, 3.8) is 0 Å². The predicted octanol–water partition coefficient (Wildman–Crippen LogP) is 4.90. The van der Waals surface area contributed by atoms with Gasteiger partial charge in [-0.25, -0.2) is 8.78 Å². The predicted molar refractivity (Wildman–Crippen MR) is 83.5 cm³/mol. The first kappa shape index (κ1) is 15.5. The first-order chi connectivity index (χ1) is 10.1. The summed E-state index contributed by atoms with van der Waals surface area (Å²) in [6, 6.07) is 9.48. The zero-order valence-electron chi connectivity index (χ0n) is 11.2. The number of ether oxygens (including phenoxy) is 1. The first-order valence-electron chi connectivity index (χ1n) is 6.31. The van der Waals surface area contributed by atoms with Gasteiger partial charge in [-0.3, -0.25) is 0 Å². The molecular formula is C16H14BrF2NO. The van der Waals surface area contributed by atoms with Crippen LogP contribution >= 0.6 is 15.9 Å². The summed E-state index contributed by atoms with van der Waals surface area (Å²) in [7, 11) is 0. The van der Waals surface area contributed by atoms with Gasteiger partial charge in [0.1, 0.15) is 24.0 Å². The Labute approximate surface area is 130 Å². The van der Waals surface area contributed by atoms with Crippen LogP contribution in [-0.2, 0) is 6.54 Å². The van der Waals surface area contributed by atoms with Gasteiger partial charge in [-0.1, -0.05) is 24.8 Å². The molecule has 0 fully saturated rings. The van der Waals surface area contributed by atoms with Gasteiger partial charge in [-0.05, 0) is 39.7 Å². The van der Waals surface area contributed by atoms with E-state index in [1.54, 1.807) is 6.08 Å². The van der Waals surface area contributed by atoms with Crippen LogP contribution in [0.1, 0.15) is 5.56 Å². The Morgan fingerprint density at radius 2 is 1.90 bits per heavy atom. The molecule has 0 aliphatic heterocycles. The summed E-state index contributed by atoms with van der Waals surface area (Å²) < 4.78 is 32.4. The van der Waals surface area contributed by atoms with Gasteiger partial charge in [-0.2, -0.15) is 0 Å². The van der Waals surface area contributed by atoms with Crippen LogP contribution in [0, 0.1) is 11.6 Å². The van der Waals surface area contributed by atoms with Crippen molar-refractivity contribution < 1.29 is 13.5 Å². The maximum absolute atomic E-state index is 13.7. The highest BCUT2D eigenvalue weighted by atomic mass is 79.9. The Morgan fingerprint density at radius 3 is 2.52 bits per heavy atom. The highest BCUT2D eigenvalue weighted by Crippen LogP contribution is 2.27. The summed E-state index contributed by atoms with van der Waals surface area (Å²) in [5.41, 5.74) is 1.19. The van der Waals surface area contributed by atoms with Crippen molar-refractivity contribution >= 4 is 21.6 Å². The second-order valence-electron chi connectivity index (χ2n) is 4.34. The fourth-order valence-corrected chi connectivity index (χ4v) is 2.31. The first-order valence-corrected chi connectivity index (χ1v) is 7.10. The average Bonchev–Trinajstić information content (AvgIpc) is 2.45. The number of benzene rings is 2. The monoisotopic (exact) mass is 353 g/mol. The van der Waals surface area contributed by atoms with Gasteiger partial charge >= 0.3 is 0 Å². The van der Waals surface area contributed by atoms with E-state index in [-0.39, 0.29) is 5.69 Å². The molecule has 21 heavy (non-hydrogen) atoms. The molecular weight excluding hydrogens is 340 g/mol. The van der Waals surface area contributed by atoms with Crippen molar-refractivity contribution in [2.75, 3.05) is 11.9 Å². The molecule has 2 rings (SSSR count). The van der Waals surface area contributed by atoms with Crippen molar-refractivity contribution in [2.45, 2.75) is 6.54 Å². The van der Waals surface area contributed by atoms with E-state index in [2.05, 4.69) is 27.8 Å². The Bertz CT molecular complexity index is 606. The zero-order chi connectivity index (χ0) is 15.2. The lowest BCUT2D eigenvalue weighted by molar-refractivity contribution is 0.363. The molecule has 0 heterocycles. The normalized spacial score (nSPS) is 10.2. The van der Waals surface area contributed by atoms with Crippen LogP contribution in [0.2, 0.25) is 0 Å². The highest BCUT2D eigenvalue weighted by molar-refractivity contribution is 9.10. The third kappa shape index (κ3) is 4.29. The molecule has 5 heteroatoms. The molecule has 2 aromatic carbocycles. The van der Waals surface area contributed by atoms with E-state index in [1.807, 2.05) is 24.3 Å². The van der Waals surface area contributed by atoms with Crippen molar-refractivity contribution in [2.24, 2.45) is 0 Å². The van der Waals surface area contributed by atoms with Gasteiger partial charge in [-0.15, -0.1) is 0 Å². The van der Waals surface area contributed by atoms with Crippen molar-refractivity contribution in [1.82, 2.24) is 0 Å². The largest absolute Gasteiger partial charge is 0.490 e. The van der Waals surface area contributed by atoms with Gasteiger partial charge < -0.3 is 10.1 Å². The van der Waals surface area contributed by atoms with E-state index in [0.717, 1.165) is 17.4 Å². The maximum atomic E-state index is 13.7. The summed E-state index contributed by atoms with van der Waals surface area (Å²) in [6.07, 6.45) is 1.67. The second-order valence-corrected chi connectivity index (χ2v) is 5.20. The standard InChI is InChI=1S/C16H14BrF2NO/c1-2-7-21-13-5-3-11(4-6-13)10-20-16-14(17)8-12(18)9-15(16)19/h2-6,8-9,20H,1,7,10H2. The van der Waals surface area contributed by atoms with Gasteiger partial charge in [0.15, 0.2) is 0 Å². The van der Waals surface area contributed by atoms with Crippen LogP contribution in [-0.4, -0.2) is 6.61 Å². The quantitative estimate of drug-likeness (QED) is 0.745. The van der Waals surface area contributed by atoms with E-state index >= 15 is 0 Å². The van der Waals surface area contributed by atoms with E-state index in [9.17, 15) is 8.78 Å². The van der Waals surface area contributed by atoms with E-state index in [4.69, 9.17) is 4.74 Å². The molecule has 0 aromatic heterocycles. The molecule has 2 nitrogen and oxygen atoms in total. The summed E-state index contributed by atoms with van der Waals surface area (Å²) in [5, 5.41) is 2.94. The van der Waals surface area contributed by atoms with Gasteiger partial charge in [0.05, 0.1) is 5.69 Å². The Morgan fingerprint density at radius 1 is 1.19 bits per heavy atom. The van der Waals surface area contributed by atoms with Crippen molar-refractivity contribution in [3.8, 4) is 5.75 Å². The summed E-state index contributed by atoms with van der Waals surface area (Å²) in [6.45, 7) is 4.45. The number of nitrogens with one attached hydrogen (secondary N) is 1. The lowest BCUT2D eigenvalue weighted by Gasteiger charge is -2.10. The maximum Gasteiger partial charge on any atom is 0.150 e. The van der Waals surface area contributed by atoms with Crippen LogP contribution in [0.15, 0.2) is 53.5 Å². The summed E-state index contributed by atoms with van der Waals surface area (Å²) in [5.74, 6) is -0.505. The zero-order valence-corrected chi connectivity index (χ0v) is 12.8. The van der Waals surface area contributed by atoms with E-state index in [1.165, 1.54) is 6.07 Å². The Balaban J connectivity index is 2.01. The second kappa shape index (κ2) is 7.22. The molecule has 0 unspecified atom stereocenters. The Hall–Kier alpha value is -1.88. The number of hydrogen-bond acceptors (Lipinski definition) is 2.